The van der Waals surface area contributed by atoms with Crippen LogP contribution in [-0.4, -0.2) is 26.0 Å². The summed E-state index contributed by atoms with van der Waals surface area (Å²) >= 11 is 0. The van der Waals surface area contributed by atoms with Crippen LogP contribution < -0.4 is 19.7 Å². The van der Waals surface area contributed by atoms with Crippen LogP contribution in [0.3, 0.4) is 0 Å². The lowest BCUT2D eigenvalue weighted by Crippen LogP contribution is -2.32. The van der Waals surface area contributed by atoms with Gasteiger partial charge in [0.25, 0.3) is 11.8 Å². The van der Waals surface area contributed by atoms with Gasteiger partial charge >= 0.3 is 0 Å². The molecular formula is C24H19FN2O4. The van der Waals surface area contributed by atoms with Crippen LogP contribution in [-0.2, 0) is 9.59 Å². The van der Waals surface area contributed by atoms with Gasteiger partial charge in [0.2, 0.25) is 0 Å². The van der Waals surface area contributed by atoms with Crippen molar-refractivity contribution in [2.45, 2.75) is 0 Å². The Morgan fingerprint density at radius 2 is 1.42 bits per heavy atom. The summed E-state index contributed by atoms with van der Waals surface area (Å²) in [7, 11) is 3.10. The number of hydrogen-bond donors (Lipinski definition) is 1. The van der Waals surface area contributed by atoms with E-state index in [0.29, 0.717) is 22.7 Å². The molecule has 2 amide bonds. The van der Waals surface area contributed by atoms with Crippen LogP contribution in [0, 0.1) is 5.82 Å². The standard InChI is InChI=1S/C24H19FN2O4/c1-30-19-10-6-15(7-11-19)21-22(26-17-8-12-20(31-2)13-9-17)24(29)27(23(21)28)18-5-3-4-16(25)14-18/h3-14,26H,1-2H3. The van der Waals surface area contributed by atoms with Gasteiger partial charge in [-0.25, -0.2) is 9.29 Å². The average molecular weight is 418 g/mol. The van der Waals surface area contributed by atoms with Crippen molar-refractivity contribution in [1.82, 2.24) is 0 Å². The molecule has 1 aliphatic heterocycles. The molecule has 0 spiro atoms. The lowest BCUT2D eigenvalue weighted by atomic mass is 10.0. The van der Waals surface area contributed by atoms with E-state index in [1.54, 1.807) is 62.8 Å². The van der Waals surface area contributed by atoms with E-state index in [2.05, 4.69) is 5.32 Å². The van der Waals surface area contributed by atoms with E-state index >= 15 is 0 Å². The van der Waals surface area contributed by atoms with Crippen LogP contribution in [0.2, 0.25) is 0 Å². The van der Waals surface area contributed by atoms with Gasteiger partial charge in [-0.1, -0.05) is 18.2 Å². The van der Waals surface area contributed by atoms with Crippen molar-refractivity contribution in [3.63, 3.8) is 0 Å². The number of ether oxygens (including phenoxy) is 2. The van der Waals surface area contributed by atoms with Crippen molar-refractivity contribution in [2.24, 2.45) is 0 Å². The van der Waals surface area contributed by atoms with E-state index in [0.717, 1.165) is 11.0 Å². The fourth-order valence-electron chi connectivity index (χ4n) is 3.34. The second-order valence-electron chi connectivity index (χ2n) is 6.76. The van der Waals surface area contributed by atoms with Crippen molar-refractivity contribution in [2.75, 3.05) is 24.4 Å². The van der Waals surface area contributed by atoms with Crippen LogP contribution in [0.1, 0.15) is 5.56 Å². The van der Waals surface area contributed by atoms with Gasteiger partial charge in [0.1, 0.15) is 23.0 Å². The average Bonchev–Trinajstić information content (AvgIpc) is 3.03. The summed E-state index contributed by atoms with van der Waals surface area (Å²) in [4.78, 5) is 27.6. The van der Waals surface area contributed by atoms with E-state index in [1.807, 2.05) is 0 Å². The number of nitrogens with one attached hydrogen (secondary N) is 1. The Balaban J connectivity index is 1.79. The Hall–Kier alpha value is -4.13. The maximum absolute atomic E-state index is 13.8. The Morgan fingerprint density at radius 3 is 2.00 bits per heavy atom. The maximum atomic E-state index is 13.8. The van der Waals surface area contributed by atoms with Gasteiger partial charge in [-0.05, 0) is 60.2 Å². The Labute approximate surface area is 178 Å². The number of benzene rings is 3. The van der Waals surface area contributed by atoms with Crippen molar-refractivity contribution in [3.8, 4) is 11.5 Å². The second kappa shape index (κ2) is 8.31. The van der Waals surface area contributed by atoms with Gasteiger partial charge in [0.15, 0.2) is 0 Å². The maximum Gasteiger partial charge on any atom is 0.282 e. The SMILES string of the molecule is COc1ccc(NC2=C(c3ccc(OC)cc3)C(=O)N(c3cccc(F)c3)C2=O)cc1. The number of imide groups is 1. The number of carbonyl (C=O) groups is 2. The number of nitrogens with zero attached hydrogens (tertiary/aromatic N) is 1. The highest BCUT2D eigenvalue weighted by Crippen LogP contribution is 2.34. The normalized spacial score (nSPS) is 13.6. The molecule has 0 saturated heterocycles. The number of halogens is 1. The zero-order chi connectivity index (χ0) is 22.0. The van der Waals surface area contributed by atoms with Gasteiger partial charge in [-0.2, -0.15) is 0 Å². The summed E-state index contributed by atoms with van der Waals surface area (Å²) in [5, 5.41) is 3.05. The third kappa shape index (κ3) is 3.85. The minimum absolute atomic E-state index is 0.101. The smallest absolute Gasteiger partial charge is 0.282 e. The zero-order valence-electron chi connectivity index (χ0n) is 16.9. The van der Waals surface area contributed by atoms with E-state index in [4.69, 9.17) is 9.47 Å². The quantitative estimate of drug-likeness (QED) is 0.607. The van der Waals surface area contributed by atoms with Crippen LogP contribution in [0.15, 0.2) is 78.5 Å². The van der Waals surface area contributed by atoms with Crippen LogP contribution in [0.25, 0.3) is 5.57 Å². The molecule has 0 bridgehead atoms. The van der Waals surface area contributed by atoms with E-state index in [-0.39, 0.29) is 17.0 Å². The molecule has 0 atom stereocenters. The highest BCUT2D eigenvalue weighted by Gasteiger charge is 2.40. The number of rotatable bonds is 6. The summed E-state index contributed by atoms with van der Waals surface area (Å²) < 4.78 is 24.1. The summed E-state index contributed by atoms with van der Waals surface area (Å²) in [5.74, 6) is -0.382. The van der Waals surface area contributed by atoms with Crippen molar-refractivity contribution in [3.05, 3.63) is 89.9 Å². The molecule has 4 rings (SSSR count). The van der Waals surface area contributed by atoms with Gasteiger partial charge in [-0.3, -0.25) is 9.59 Å². The predicted octanol–water partition coefficient (Wildman–Crippen LogP) is 4.24. The lowest BCUT2D eigenvalue weighted by Gasteiger charge is -2.15. The number of methoxy groups -OCH3 is 2. The summed E-state index contributed by atoms with van der Waals surface area (Å²) in [6.07, 6.45) is 0. The lowest BCUT2D eigenvalue weighted by molar-refractivity contribution is -0.120. The highest BCUT2D eigenvalue weighted by atomic mass is 19.1. The molecule has 6 nitrogen and oxygen atoms in total. The Kier molecular flexibility index (Phi) is 5.41. The molecule has 0 unspecified atom stereocenters. The molecule has 1 heterocycles. The molecule has 156 valence electrons. The molecule has 0 aromatic heterocycles. The first-order valence-corrected chi connectivity index (χ1v) is 9.46. The molecule has 0 radical (unpaired) electrons. The van der Waals surface area contributed by atoms with Gasteiger partial charge in [0.05, 0.1) is 25.5 Å². The minimum atomic E-state index is -0.572. The van der Waals surface area contributed by atoms with E-state index in [9.17, 15) is 14.0 Å². The molecule has 3 aromatic rings. The van der Waals surface area contributed by atoms with Crippen molar-refractivity contribution >= 4 is 28.8 Å². The first kappa shape index (κ1) is 20.2. The first-order valence-electron chi connectivity index (χ1n) is 9.46. The fraction of sp³-hybridized carbons (Fsp3) is 0.0833. The first-order chi connectivity index (χ1) is 15.0. The van der Waals surface area contributed by atoms with Gasteiger partial charge in [-0.15, -0.1) is 0 Å². The predicted molar refractivity (Wildman–Crippen MR) is 115 cm³/mol. The Bertz CT molecular complexity index is 1170. The van der Waals surface area contributed by atoms with Crippen LogP contribution >= 0.6 is 0 Å². The molecule has 0 aliphatic carbocycles. The van der Waals surface area contributed by atoms with E-state index in [1.165, 1.54) is 18.2 Å². The largest absolute Gasteiger partial charge is 0.497 e. The Morgan fingerprint density at radius 1 is 0.806 bits per heavy atom. The monoisotopic (exact) mass is 418 g/mol. The van der Waals surface area contributed by atoms with Crippen LogP contribution in [0.5, 0.6) is 11.5 Å². The molecule has 1 aliphatic rings. The molecular weight excluding hydrogens is 399 g/mol. The molecule has 1 N–H and O–H groups in total. The van der Waals surface area contributed by atoms with Crippen LogP contribution in [0.4, 0.5) is 15.8 Å². The highest BCUT2D eigenvalue weighted by molar-refractivity contribution is 6.46. The van der Waals surface area contributed by atoms with Gasteiger partial charge < -0.3 is 14.8 Å². The summed E-state index contributed by atoms with van der Waals surface area (Å²) in [6, 6.07) is 19.1. The fourth-order valence-corrected chi connectivity index (χ4v) is 3.34. The number of amides is 2. The zero-order valence-corrected chi connectivity index (χ0v) is 16.9. The molecule has 3 aromatic carbocycles. The molecule has 0 fully saturated rings. The van der Waals surface area contributed by atoms with E-state index < -0.39 is 17.6 Å². The number of anilines is 2. The number of carbonyl (C=O) groups excluding carboxylic acids is 2. The third-order valence-electron chi connectivity index (χ3n) is 4.89. The molecule has 0 saturated carbocycles. The summed E-state index contributed by atoms with van der Waals surface area (Å²) in [5.41, 5.74) is 1.59. The molecule has 31 heavy (non-hydrogen) atoms. The van der Waals surface area contributed by atoms with Gasteiger partial charge in [0, 0.05) is 5.69 Å². The molecule has 7 heteroatoms. The second-order valence-corrected chi connectivity index (χ2v) is 6.76. The number of hydrogen-bond acceptors (Lipinski definition) is 5. The summed E-state index contributed by atoms with van der Waals surface area (Å²) in [6.45, 7) is 0. The van der Waals surface area contributed by atoms with Crippen molar-refractivity contribution in [1.29, 1.82) is 0 Å². The van der Waals surface area contributed by atoms with Crippen molar-refractivity contribution < 1.29 is 23.5 Å². The topological polar surface area (TPSA) is 67.9 Å². The minimum Gasteiger partial charge on any atom is -0.497 e. The third-order valence-corrected chi connectivity index (χ3v) is 4.89.